The Kier molecular flexibility index (Phi) is 16.1. The Morgan fingerprint density at radius 3 is 1.89 bits per heavy atom. The van der Waals surface area contributed by atoms with E-state index in [0.29, 0.717) is 13.2 Å². The minimum absolute atomic E-state index is 0.656. The first-order valence-corrected chi connectivity index (χ1v) is 6.77. The molecule has 0 unspecified atom stereocenters. The molecule has 0 heterocycles. The molecule has 0 aliphatic heterocycles. The van der Waals surface area contributed by atoms with Gasteiger partial charge in [-0.25, -0.2) is 0 Å². The number of hydrogen-bond acceptors (Lipinski definition) is 5. The predicted molar refractivity (Wildman–Crippen MR) is 74.4 cm³/mol. The summed E-state index contributed by atoms with van der Waals surface area (Å²) >= 11 is 0. The summed E-state index contributed by atoms with van der Waals surface area (Å²) in [6.07, 6.45) is 3.93. The highest BCUT2D eigenvalue weighted by molar-refractivity contribution is 5.22. The Hall–Kier alpha value is -0.490. The van der Waals surface area contributed by atoms with Crippen molar-refractivity contribution in [3.63, 3.8) is 0 Å². The molecule has 0 spiro atoms. The van der Waals surface area contributed by atoms with Crippen molar-refractivity contribution in [2.24, 2.45) is 10.7 Å². The highest BCUT2D eigenvalue weighted by Gasteiger charge is 1.92. The summed E-state index contributed by atoms with van der Waals surface area (Å²) in [5.74, 6) is 0. The second-order valence-electron chi connectivity index (χ2n) is 3.99. The van der Waals surface area contributed by atoms with Crippen molar-refractivity contribution >= 4 is 6.72 Å². The van der Waals surface area contributed by atoms with Crippen LogP contribution in [-0.4, -0.2) is 59.4 Å². The minimum Gasteiger partial charge on any atom is -0.381 e. The molecule has 2 N–H and O–H groups in total. The molecule has 18 heavy (non-hydrogen) atoms. The summed E-state index contributed by atoms with van der Waals surface area (Å²) in [6, 6.07) is 0. The molecule has 0 atom stereocenters. The standard InChI is InChI=1S/C13H28N2O3/c1-15-7-4-9-16-10-5-11-18-13-12-17-8-3-2-6-14/h1-14H2. The van der Waals surface area contributed by atoms with Gasteiger partial charge in [-0.05, 0) is 38.9 Å². The molecule has 0 aliphatic rings. The quantitative estimate of drug-likeness (QED) is 0.355. The molecule has 0 radical (unpaired) electrons. The number of aliphatic imine (C=N–C) groups is 1. The number of rotatable bonds is 15. The van der Waals surface area contributed by atoms with Gasteiger partial charge in [0, 0.05) is 33.0 Å². The van der Waals surface area contributed by atoms with Crippen LogP contribution in [0.25, 0.3) is 0 Å². The maximum absolute atomic E-state index is 5.41. The molecule has 0 aromatic carbocycles. The highest BCUT2D eigenvalue weighted by Crippen LogP contribution is 1.90. The van der Waals surface area contributed by atoms with Gasteiger partial charge in [0.15, 0.2) is 0 Å². The van der Waals surface area contributed by atoms with Crippen LogP contribution < -0.4 is 5.73 Å². The summed E-state index contributed by atoms with van der Waals surface area (Å²) in [4.78, 5) is 3.75. The number of nitrogens with zero attached hydrogens (tertiary/aromatic N) is 1. The Morgan fingerprint density at radius 1 is 0.722 bits per heavy atom. The fraction of sp³-hybridized carbons (Fsp3) is 0.923. The first-order valence-electron chi connectivity index (χ1n) is 6.77. The summed E-state index contributed by atoms with van der Waals surface area (Å²) in [7, 11) is 0. The number of nitrogens with two attached hydrogens (primary N) is 1. The van der Waals surface area contributed by atoms with E-state index in [2.05, 4.69) is 11.7 Å². The van der Waals surface area contributed by atoms with Gasteiger partial charge in [0.05, 0.1) is 13.2 Å². The molecule has 0 aromatic rings. The molecule has 5 heteroatoms. The van der Waals surface area contributed by atoms with Gasteiger partial charge in [-0.3, -0.25) is 0 Å². The van der Waals surface area contributed by atoms with Crippen molar-refractivity contribution in [2.75, 3.05) is 52.7 Å². The molecule has 0 bridgehead atoms. The minimum atomic E-state index is 0.656. The third-order valence-electron chi connectivity index (χ3n) is 2.30. The molecule has 0 rings (SSSR count). The SMILES string of the molecule is C=NCCCOCCCOCCOCCCCN. The van der Waals surface area contributed by atoms with Crippen molar-refractivity contribution < 1.29 is 14.2 Å². The van der Waals surface area contributed by atoms with Gasteiger partial charge in [-0.2, -0.15) is 0 Å². The van der Waals surface area contributed by atoms with Crippen LogP contribution in [0.4, 0.5) is 0 Å². The van der Waals surface area contributed by atoms with Gasteiger partial charge in [-0.15, -0.1) is 0 Å². The molecule has 0 fully saturated rings. The normalized spacial score (nSPS) is 10.7. The fourth-order valence-electron chi connectivity index (χ4n) is 1.31. The second-order valence-corrected chi connectivity index (χ2v) is 3.99. The summed E-state index contributed by atoms with van der Waals surface area (Å²) < 4.78 is 16.2. The third-order valence-corrected chi connectivity index (χ3v) is 2.30. The third kappa shape index (κ3) is 15.5. The molecule has 5 nitrogen and oxygen atoms in total. The van der Waals surface area contributed by atoms with Crippen LogP contribution in [0.15, 0.2) is 4.99 Å². The molecular formula is C13H28N2O3. The summed E-state index contributed by atoms with van der Waals surface area (Å²) in [5.41, 5.74) is 5.38. The van der Waals surface area contributed by atoms with Crippen LogP contribution in [0.2, 0.25) is 0 Å². The predicted octanol–water partition coefficient (Wildman–Crippen LogP) is 1.26. The Bertz CT molecular complexity index is 168. The van der Waals surface area contributed by atoms with E-state index in [1.165, 1.54) is 0 Å². The molecule has 0 saturated heterocycles. The molecule has 108 valence electrons. The van der Waals surface area contributed by atoms with E-state index in [0.717, 1.165) is 65.2 Å². The highest BCUT2D eigenvalue weighted by atomic mass is 16.5. The zero-order chi connectivity index (χ0) is 13.3. The van der Waals surface area contributed by atoms with E-state index in [1.807, 2.05) is 0 Å². The van der Waals surface area contributed by atoms with Crippen molar-refractivity contribution in [2.45, 2.75) is 25.7 Å². The number of unbranched alkanes of at least 4 members (excludes halogenated alkanes) is 1. The first kappa shape index (κ1) is 17.5. The zero-order valence-corrected chi connectivity index (χ0v) is 11.4. The average molecular weight is 260 g/mol. The van der Waals surface area contributed by atoms with E-state index in [1.54, 1.807) is 0 Å². The Labute approximate surface area is 111 Å². The van der Waals surface area contributed by atoms with Crippen LogP contribution >= 0.6 is 0 Å². The lowest BCUT2D eigenvalue weighted by atomic mass is 10.3. The second kappa shape index (κ2) is 16.5. The summed E-state index contributed by atoms with van der Waals surface area (Å²) in [6.45, 7) is 9.25. The largest absolute Gasteiger partial charge is 0.381 e. The topological polar surface area (TPSA) is 66.1 Å². The zero-order valence-electron chi connectivity index (χ0n) is 11.4. The van der Waals surface area contributed by atoms with Gasteiger partial charge in [0.2, 0.25) is 0 Å². The average Bonchev–Trinajstić information content (AvgIpc) is 2.39. The first-order chi connectivity index (χ1) is 8.91. The van der Waals surface area contributed by atoms with E-state index >= 15 is 0 Å². The van der Waals surface area contributed by atoms with Gasteiger partial charge >= 0.3 is 0 Å². The molecule has 0 saturated carbocycles. The summed E-state index contributed by atoms with van der Waals surface area (Å²) in [5, 5.41) is 0. The van der Waals surface area contributed by atoms with Crippen LogP contribution in [0, 0.1) is 0 Å². The van der Waals surface area contributed by atoms with Crippen molar-refractivity contribution in [1.29, 1.82) is 0 Å². The van der Waals surface area contributed by atoms with E-state index < -0.39 is 0 Å². The Morgan fingerprint density at radius 2 is 1.28 bits per heavy atom. The fourth-order valence-corrected chi connectivity index (χ4v) is 1.31. The Balaban J connectivity index is 2.88. The van der Waals surface area contributed by atoms with E-state index in [-0.39, 0.29) is 0 Å². The van der Waals surface area contributed by atoms with Gasteiger partial charge < -0.3 is 24.9 Å². The lowest BCUT2D eigenvalue weighted by Gasteiger charge is -2.06. The van der Waals surface area contributed by atoms with Crippen LogP contribution in [0.1, 0.15) is 25.7 Å². The van der Waals surface area contributed by atoms with Crippen molar-refractivity contribution in [3.05, 3.63) is 0 Å². The van der Waals surface area contributed by atoms with Crippen LogP contribution in [-0.2, 0) is 14.2 Å². The van der Waals surface area contributed by atoms with Crippen molar-refractivity contribution in [1.82, 2.24) is 0 Å². The number of hydrogen-bond donors (Lipinski definition) is 1. The smallest absolute Gasteiger partial charge is 0.0700 e. The van der Waals surface area contributed by atoms with Gasteiger partial charge in [0.25, 0.3) is 0 Å². The molecule has 0 aromatic heterocycles. The number of ether oxygens (including phenoxy) is 3. The lowest BCUT2D eigenvalue weighted by molar-refractivity contribution is 0.0347. The lowest BCUT2D eigenvalue weighted by Crippen LogP contribution is -2.09. The molecule has 0 amide bonds. The van der Waals surface area contributed by atoms with E-state index in [9.17, 15) is 0 Å². The maximum Gasteiger partial charge on any atom is 0.0700 e. The van der Waals surface area contributed by atoms with Crippen molar-refractivity contribution in [3.8, 4) is 0 Å². The van der Waals surface area contributed by atoms with Crippen LogP contribution in [0.3, 0.4) is 0 Å². The molecule has 0 aliphatic carbocycles. The van der Waals surface area contributed by atoms with Gasteiger partial charge in [-0.1, -0.05) is 0 Å². The monoisotopic (exact) mass is 260 g/mol. The van der Waals surface area contributed by atoms with Crippen LogP contribution in [0.5, 0.6) is 0 Å². The van der Waals surface area contributed by atoms with Gasteiger partial charge in [0.1, 0.15) is 0 Å². The van der Waals surface area contributed by atoms with E-state index in [4.69, 9.17) is 19.9 Å². The molecular weight excluding hydrogens is 232 g/mol. The maximum atomic E-state index is 5.41.